The minimum Gasteiger partial charge on any atom is -0.350 e. The van der Waals surface area contributed by atoms with Crippen molar-refractivity contribution < 1.29 is 4.79 Å². The maximum Gasteiger partial charge on any atom is 0.234 e. The van der Waals surface area contributed by atoms with E-state index in [0.29, 0.717) is 6.54 Å². The van der Waals surface area contributed by atoms with Crippen molar-refractivity contribution in [1.29, 1.82) is 0 Å². The molecular weight excluding hydrogens is 262 g/mol. The highest BCUT2D eigenvalue weighted by Crippen LogP contribution is 2.02. The molecule has 0 spiro atoms. The quantitative estimate of drug-likeness (QED) is 0.720. The summed E-state index contributed by atoms with van der Waals surface area (Å²) in [6, 6.07) is 10.5. The highest BCUT2D eigenvalue weighted by Gasteiger charge is 2.12. The number of nitrogens with one attached hydrogen (secondary N) is 2. The van der Waals surface area contributed by atoms with Crippen molar-refractivity contribution in [1.82, 2.24) is 15.5 Å². The van der Waals surface area contributed by atoms with Crippen LogP contribution in [0.2, 0.25) is 0 Å². The van der Waals surface area contributed by atoms with E-state index in [4.69, 9.17) is 0 Å². The van der Waals surface area contributed by atoms with Gasteiger partial charge in [0.05, 0.1) is 6.54 Å². The highest BCUT2D eigenvalue weighted by atomic mass is 16.2. The van der Waals surface area contributed by atoms with Crippen LogP contribution in [0.4, 0.5) is 0 Å². The van der Waals surface area contributed by atoms with Crippen LogP contribution in [0.5, 0.6) is 0 Å². The number of hydrogen-bond acceptors (Lipinski definition) is 3. The molecule has 1 aromatic carbocycles. The van der Waals surface area contributed by atoms with Crippen molar-refractivity contribution in [2.75, 3.05) is 26.7 Å². The fraction of sp³-hybridized carbons (Fsp3) is 0.588. The second-order valence-electron chi connectivity index (χ2n) is 6.55. The van der Waals surface area contributed by atoms with E-state index in [-0.39, 0.29) is 11.4 Å². The Hall–Kier alpha value is -1.39. The molecule has 4 heteroatoms. The highest BCUT2D eigenvalue weighted by molar-refractivity contribution is 5.78. The van der Waals surface area contributed by atoms with Gasteiger partial charge in [0.1, 0.15) is 0 Å². The van der Waals surface area contributed by atoms with Gasteiger partial charge in [0, 0.05) is 12.1 Å². The van der Waals surface area contributed by atoms with Gasteiger partial charge >= 0.3 is 0 Å². The van der Waals surface area contributed by atoms with Crippen LogP contribution >= 0.6 is 0 Å². The van der Waals surface area contributed by atoms with Crippen molar-refractivity contribution in [3.8, 4) is 0 Å². The molecular formula is C17H29N3O. The number of benzene rings is 1. The molecule has 0 heterocycles. The van der Waals surface area contributed by atoms with Gasteiger partial charge in [-0.1, -0.05) is 30.3 Å². The Labute approximate surface area is 128 Å². The SMILES string of the molecule is CN(CCCNCC(=O)NC(C)(C)C)Cc1ccccc1. The number of rotatable bonds is 8. The Kier molecular flexibility index (Phi) is 7.40. The second-order valence-corrected chi connectivity index (χ2v) is 6.55. The molecule has 1 aromatic rings. The second kappa shape index (κ2) is 8.80. The molecule has 0 aliphatic carbocycles. The third-order valence-corrected chi connectivity index (χ3v) is 2.99. The van der Waals surface area contributed by atoms with Gasteiger partial charge in [-0.15, -0.1) is 0 Å². The lowest BCUT2D eigenvalue weighted by atomic mass is 10.1. The Bertz CT molecular complexity index is 412. The summed E-state index contributed by atoms with van der Waals surface area (Å²) in [4.78, 5) is 13.9. The molecule has 1 rings (SSSR count). The summed E-state index contributed by atoms with van der Waals surface area (Å²) in [7, 11) is 2.12. The maximum absolute atomic E-state index is 11.6. The third-order valence-electron chi connectivity index (χ3n) is 2.99. The first-order valence-electron chi connectivity index (χ1n) is 7.61. The summed E-state index contributed by atoms with van der Waals surface area (Å²) in [6.07, 6.45) is 1.03. The largest absolute Gasteiger partial charge is 0.350 e. The van der Waals surface area contributed by atoms with Crippen molar-refractivity contribution in [2.45, 2.75) is 39.3 Å². The lowest BCUT2D eigenvalue weighted by Crippen LogP contribution is -2.45. The predicted molar refractivity (Wildman–Crippen MR) is 88.2 cm³/mol. The molecule has 0 saturated heterocycles. The monoisotopic (exact) mass is 291 g/mol. The average Bonchev–Trinajstić information content (AvgIpc) is 2.37. The van der Waals surface area contributed by atoms with Crippen molar-refractivity contribution in [3.63, 3.8) is 0 Å². The molecule has 0 atom stereocenters. The zero-order chi connectivity index (χ0) is 15.7. The number of carbonyl (C=O) groups excluding carboxylic acids is 1. The smallest absolute Gasteiger partial charge is 0.234 e. The van der Waals surface area contributed by atoms with E-state index in [1.807, 2.05) is 26.8 Å². The number of carbonyl (C=O) groups is 1. The lowest BCUT2D eigenvalue weighted by Gasteiger charge is -2.20. The molecule has 0 fully saturated rings. The average molecular weight is 291 g/mol. The van der Waals surface area contributed by atoms with Crippen molar-refractivity contribution in [3.05, 3.63) is 35.9 Å². The van der Waals surface area contributed by atoms with Crippen molar-refractivity contribution >= 4 is 5.91 Å². The standard InChI is InChI=1S/C17H29N3O/c1-17(2,3)19-16(21)13-18-11-8-12-20(4)14-15-9-6-5-7-10-15/h5-7,9-10,18H,8,11-14H2,1-4H3,(H,19,21). The van der Waals surface area contributed by atoms with Crippen LogP contribution in [-0.2, 0) is 11.3 Å². The molecule has 0 aliphatic heterocycles. The van der Waals surface area contributed by atoms with Crippen molar-refractivity contribution in [2.24, 2.45) is 0 Å². The predicted octanol–water partition coefficient (Wildman–Crippen LogP) is 2.01. The minimum atomic E-state index is -0.158. The van der Waals surface area contributed by atoms with Gasteiger partial charge < -0.3 is 15.5 Å². The van der Waals surface area contributed by atoms with Crippen LogP contribution in [0, 0.1) is 0 Å². The zero-order valence-electron chi connectivity index (χ0n) is 13.8. The number of amides is 1. The molecule has 0 aromatic heterocycles. The van der Waals surface area contributed by atoms with E-state index in [0.717, 1.165) is 26.1 Å². The molecule has 21 heavy (non-hydrogen) atoms. The number of hydrogen-bond donors (Lipinski definition) is 2. The van der Waals surface area contributed by atoms with Crippen LogP contribution in [0.3, 0.4) is 0 Å². The third kappa shape index (κ3) is 9.21. The first-order chi connectivity index (χ1) is 9.87. The summed E-state index contributed by atoms with van der Waals surface area (Å²) < 4.78 is 0. The summed E-state index contributed by atoms with van der Waals surface area (Å²) in [5.41, 5.74) is 1.17. The first kappa shape index (κ1) is 17.7. The van der Waals surface area contributed by atoms with Gasteiger partial charge in [-0.3, -0.25) is 4.79 Å². The van der Waals surface area contributed by atoms with Gasteiger partial charge in [-0.2, -0.15) is 0 Å². The van der Waals surface area contributed by atoms with Crippen LogP contribution in [0.15, 0.2) is 30.3 Å². The van der Waals surface area contributed by atoms with E-state index < -0.39 is 0 Å². The van der Waals surface area contributed by atoms with E-state index in [1.54, 1.807) is 0 Å². The first-order valence-corrected chi connectivity index (χ1v) is 7.61. The van der Waals surface area contributed by atoms with Gasteiger partial charge in [-0.25, -0.2) is 0 Å². The lowest BCUT2D eigenvalue weighted by molar-refractivity contribution is -0.121. The summed E-state index contributed by atoms with van der Waals surface area (Å²) in [6.45, 7) is 9.20. The summed E-state index contributed by atoms with van der Waals surface area (Å²) in [5.74, 6) is 0.0557. The molecule has 2 N–H and O–H groups in total. The molecule has 0 saturated carbocycles. The van der Waals surface area contributed by atoms with Gasteiger partial charge in [0.25, 0.3) is 0 Å². The molecule has 118 valence electrons. The Morgan fingerprint density at radius 3 is 2.48 bits per heavy atom. The summed E-state index contributed by atoms with van der Waals surface area (Å²) >= 11 is 0. The van der Waals surface area contributed by atoms with Gasteiger partial charge in [0.2, 0.25) is 5.91 Å². The Balaban J connectivity index is 2.07. The van der Waals surface area contributed by atoms with Gasteiger partial charge in [-0.05, 0) is 52.9 Å². The van der Waals surface area contributed by atoms with Gasteiger partial charge in [0.15, 0.2) is 0 Å². The molecule has 1 amide bonds. The Morgan fingerprint density at radius 2 is 1.86 bits per heavy atom. The fourth-order valence-electron chi connectivity index (χ4n) is 2.11. The molecule has 0 bridgehead atoms. The molecule has 0 radical (unpaired) electrons. The Morgan fingerprint density at radius 1 is 1.19 bits per heavy atom. The van der Waals surface area contributed by atoms with E-state index in [2.05, 4.69) is 46.8 Å². The fourth-order valence-corrected chi connectivity index (χ4v) is 2.11. The molecule has 0 aliphatic rings. The zero-order valence-corrected chi connectivity index (χ0v) is 13.8. The van der Waals surface area contributed by atoms with E-state index in [1.165, 1.54) is 5.56 Å². The minimum absolute atomic E-state index is 0.0557. The summed E-state index contributed by atoms with van der Waals surface area (Å²) in [5, 5.41) is 6.13. The van der Waals surface area contributed by atoms with E-state index in [9.17, 15) is 4.79 Å². The number of nitrogens with zero attached hydrogens (tertiary/aromatic N) is 1. The van der Waals surface area contributed by atoms with Crippen LogP contribution in [0.25, 0.3) is 0 Å². The molecule has 0 unspecified atom stereocenters. The molecule has 4 nitrogen and oxygen atoms in total. The van der Waals surface area contributed by atoms with Crippen LogP contribution in [-0.4, -0.2) is 43.0 Å². The van der Waals surface area contributed by atoms with E-state index >= 15 is 0 Å². The van der Waals surface area contributed by atoms with Crippen LogP contribution < -0.4 is 10.6 Å². The normalized spacial score (nSPS) is 11.7. The topological polar surface area (TPSA) is 44.4 Å². The van der Waals surface area contributed by atoms with Crippen LogP contribution in [0.1, 0.15) is 32.8 Å². The maximum atomic E-state index is 11.6.